The second-order valence-electron chi connectivity index (χ2n) is 2.65. The van der Waals surface area contributed by atoms with Crippen LogP contribution in [0.1, 0.15) is 10.5 Å². The Kier molecular flexibility index (Phi) is 1.51. The average molecular weight is 177 g/mol. The zero-order valence-electron chi connectivity index (χ0n) is 6.93. The Hall–Kier alpha value is -1.91. The lowest BCUT2D eigenvalue weighted by Gasteiger charge is -1.89. The van der Waals surface area contributed by atoms with E-state index >= 15 is 0 Å². The molecular weight excluding hydrogens is 170 g/mol. The van der Waals surface area contributed by atoms with Crippen LogP contribution < -0.4 is 0 Å². The molecule has 0 unspecified atom stereocenters. The van der Waals surface area contributed by atoms with Gasteiger partial charge in [0.1, 0.15) is 5.52 Å². The molecule has 1 N–H and O–H groups in total. The highest BCUT2D eigenvalue weighted by Crippen LogP contribution is 2.13. The van der Waals surface area contributed by atoms with E-state index in [1.165, 1.54) is 4.68 Å². The minimum atomic E-state index is -1.05. The van der Waals surface area contributed by atoms with E-state index in [0.717, 1.165) is 5.52 Å². The monoisotopic (exact) mass is 177 g/mol. The third-order valence-corrected chi connectivity index (χ3v) is 1.81. The van der Waals surface area contributed by atoms with Crippen molar-refractivity contribution in [3.05, 3.63) is 24.0 Å². The van der Waals surface area contributed by atoms with Crippen molar-refractivity contribution >= 4 is 17.0 Å². The van der Waals surface area contributed by atoms with Crippen molar-refractivity contribution in [3.8, 4) is 0 Å². The van der Waals surface area contributed by atoms with Gasteiger partial charge in [0.25, 0.3) is 0 Å². The van der Waals surface area contributed by atoms with E-state index in [1.807, 2.05) is 0 Å². The van der Waals surface area contributed by atoms with Gasteiger partial charge in [-0.3, -0.25) is 9.67 Å². The maximum absolute atomic E-state index is 10.7. The number of hydrogen-bond acceptors (Lipinski definition) is 3. The minimum absolute atomic E-state index is 0.00176. The summed E-state index contributed by atoms with van der Waals surface area (Å²) in [5.41, 5.74) is 1.15. The van der Waals surface area contributed by atoms with Crippen LogP contribution in [-0.4, -0.2) is 25.8 Å². The molecule has 0 radical (unpaired) electrons. The summed E-state index contributed by atoms with van der Waals surface area (Å²) in [7, 11) is 1.69. The predicted octanol–water partition coefficient (Wildman–Crippen LogP) is 0.667. The number of rotatable bonds is 1. The summed E-state index contributed by atoms with van der Waals surface area (Å²) in [5, 5.41) is 12.6. The number of pyridine rings is 1. The van der Waals surface area contributed by atoms with Crippen LogP contribution in [0.15, 0.2) is 18.3 Å². The lowest BCUT2D eigenvalue weighted by atomic mass is 10.3. The quantitative estimate of drug-likeness (QED) is 0.695. The van der Waals surface area contributed by atoms with Gasteiger partial charge in [-0.2, -0.15) is 5.10 Å². The maximum Gasteiger partial charge on any atom is 0.358 e. The van der Waals surface area contributed by atoms with Gasteiger partial charge in [-0.1, -0.05) is 0 Å². The summed E-state index contributed by atoms with van der Waals surface area (Å²) < 4.78 is 1.51. The third kappa shape index (κ3) is 1.05. The number of aromatic nitrogens is 3. The molecule has 2 aromatic rings. The molecule has 0 aromatic carbocycles. The Morgan fingerprint density at radius 2 is 2.38 bits per heavy atom. The molecule has 0 amide bonds. The highest BCUT2D eigenvalue weighted by atomic mass is 16.4. The third-order valence-electron chi connectivity index (χ3n) is 1.81. The first kappa shape index (κ1) is 7.72. The van der Waals surface area contributed by atoms with E-state index in [9.17, 15) is 4.79 Å². The Labute approximate surface area is 73.6 Å². The fourth-order valence-electron chi connectivity index (χ4n) is 1.24. The van der Waals surface area contributed by atoms with Crippen LogP contribution in [0.25, 0.3) is 11.0 Å². The second kappa shape index (κ2) is 2.55. The summed E-state index contributed by atoms with van der Waals surface area (Å²) in [6, 6.07) is 3.53. The van der Waals surface area contributed by atoms with Gasteiger partial charge in [-0.25, -0.2) is 4.79 Å². The Morgan fingerprint density at radius 1 is 1.62 bits per heavy atom. The van der Waals surface area contributed by atoms with Crippen LogP contribution in [0.5, 0.6) is 0 Å². The van der Waals surface area contributed by atoms with Gasteiger partial charge >= 0.3 is 5.97 Å². The molecule has 0 fully saturated rings. The summed E-state index contributed by atoms with van der Waals surface area (Å²) in [6.45, 7) is 0. The first-order valence-electron chi connectivity index (χ1n) is 3.71. The van der Waals surface area contributed by atoms with Crippen molar-refractivity contribution in [3.63, 3.8) is 0 Å². The summed E-state index contributed by atoms with van der Waals surface area (Å²) in [4.78, 5) is 14.7. The topological polar surface area (TPSA) is 68.0 Å². The molecule has 0 saturated heterocycles. The minimum Gasteiger partial charge on any atom is -0.476 e. The number of hydrogen-bond donors (Lipinski definition) is 1. The van der Waals surface area contributed by atoms with Crippen LogP contribution in [0.2, 0.25) is 0 Å². The highest BCUT2D eigenvalue weighted by Gasteiger charge is 2.14. The number of carboxylic acids is 1. The maximum atomic E-state index is 10.7. The zero-order valence-corrected chi connectivity index (χ0v) is 6.93. The zero-order chi connectivity index (χ0) is 9.42. The van der Waals surface area contributed by atoms with E-state index in [-0.39, 0.29) is 5.69 Å². The number of carbonyl (C=O) groups is 1. The summed E-state index contributed by atoms with van der Waals surface area (Å²) in [6.07, 6.45) is 1.55. The van der Waals surface area contributed by atoms with Gasteiger partial charge in [0.05, 0.1) is 5.52 Å². The molecule has 2 heterocycles. The molecule has 0 aliphatic rings. The lowest BCUT2D eigenvalue weighted by molar-refractivity contribution is 0.0691. The molecule has 0 spiro atoms. The van der Waals surface area contributed by atoms with Crippen molar-refractivity contribution < 1.29 is 9.90 Å². The van der Waals surface area contributed by atoms with E-state index in [0.29, 0.717) is 5.52 Å². The Bertz CT molecular complexity index is 475. The molecule has 0 aliphatic heterocycles. The van der Waals surface area contributed by atoms with E-state index in [4.69, 9.17) is 5.11 Å². The van der Waals surface area contributed by atoms with E-state index in [2.05, 4.69) is 10.1 Å². The molecule has 13 heavy (non-hydrogen) atoms. The Balaban J connectivity index is 2.85. The largest absolute Gasteiger partial charge is 0.476 e. The van der Waals surface area contributed by atoms with Crippen molar-refractivity contribution in [2.45, 2.75) is 0 Å². The molecule has 5 heteroatoms. The molecule has 66 valence electrons. The Morgan fingerprint density at radius 3 is 3.08 bits per heavy atom. The van der Waals surface area contributed by atoms with Gasteiger partial charge in [0.2, 0.25) is 0 Å². The predicted molar refractivity (Wildman–Crippen MR) is 45.5 cm³/mol. The molecular formula is C8H7N3O2. The van der Waals surface area contributed by atoms with Crippen LogP contribution in [0.3, 0.4) is 0 Å². The van der Waals surface area contributed by atoms with Crippen molar-refractivity contribution in [2.75, 3.05) is 0 Å². The molecule has 0 saturated carbocycles. The SMILES string of the molecule is Cn1nc(C(=O)O)c2ncccc21. The summed E-state index contributed by atoms with van der Waals surface area (Å²) in [5.74, 6) is -1.05. The van der Waals surface area contributed by atoms with Gasteiger partial charge in [-0.05, 0) is 12.1 Å². The van der Waals surface area contributed by atoms with Gasteiger partial charge in [0, 0.05) is 13.2 Å². The number of aromatic carboxylic acids is 1. The molecule has 5 nitrogen and oxygen atoms in total. The van der Waals surface area contributed by atoms with Crippen LogP contribution in [0, 0.1) is 0 Å². The van der Waals surface area contributed by atoms with Crippen molar-refractivity contribution in [2.24, 2.45) is 7.05 Å². The fraction of sp³-hybridized carbons (Fsp3) is 0.125. The average Bonchev–Trinajstić information content (AvgIpc) is 2.45. The first-order valence-corrected chi connectivity index (χ1v) is 3.71. The molecule has 2 rings (SSSR count). The van der Waals surface area contributed by atoms with Crippen molar-refractivity contribution in [1.29, 1.82) is 0 Å². The van der Waals surface area contributed by atoms with Gasteiger partial charge < -0.3 is 5.11 Å². The normalized spacial score (nSPS) is 10.5. The summed E-state index contributed by atoms with van der Waals surface area (Å²) >= 11 is 0. The lowest BCUT2D eigenvalue weighted by Crippen LogP contribution is -1.99. The highest BCUT2D eigenvalue weighted by molar-refractivity contribution is 5.98. The van der Waals surface area contributed by atoms with Gasteiger partial charge in [-0.15, -0.1) is 0 Å². The molecule has 0 aliphatic carbocycles. The van der Waals surface area contributed by atoms with Crippen molar-refractivity contribution in [1.82, 2.24) is 14.8 Å². The molecule has 0 bridgehead atoms. The number of fused-ring (bicyclic) bond motifs is 1. The van der Waals surface area contributed by atoms with Crippen LogP contribution in [0.4, 0.5) is 0 Å². The standard InChI is InChI=1S/C8H7N3O2/c1-11-5-3-2-4-9-6(5)7(10-11)8(12)13/h2-4H,1H3,(H,12,13). The molecule has 0 atom stereocenters. The van der Waals surface area contributed by atoms with Crippen LogP contribution >= 0.6 is 0 Å². The fourth-order valence-corrected chi connectivity index (χ4v) is 1.24. The van der Waals surface area contributed by atoms with E-state index < -0.39 is 5.97 Å². The number of nitrogens with zero attached hydrogens (tertiary/aromatic N) is 3. The first-order chi connectivity index (χ1) is 6.20. The molecule has 2 aromatic heterocycles. The smallest absolute Gasteiger partial charge is 0.358 e. The number of aryl methyl sites for hydroxylation is 1. The van der Waals surface area contributed by atoms with E-state index in [1.54, 1.807) is 25.4 Å². The second-order valence-corrected chi connectivity index (χ2v) is 2.65. The van der Waals surface area contributed by atoms with Gasteiger partial charge in [0.15, 0.2) is 5.69 Å². The van der Waals surface area contributed by atoms with Crippen LogP contribution in [-0.2, 0) is 7.05 Å². The number of carboxylic acid groups (broad SMARTS) is 1.